The van der Waals surface area contributed by atoms with Crippen LogP contribution in [0.4, 0.5) is 18.9 Å². The molecule has 1 heterocycles. The van der Waals surface area contributed by atoms with Gasteiger partial charge >= 0.3 is 6.18 Å². The summed E-state index contributed by atoms with van der Waals surface area (Å²) in [5.41, 5.74) is 1.14. The molecule has 0 radical (unpaired) electrons. The standard InChI is InChI=1S/C16H19F3N2O3/c1-10-15(16(17,18)19)21(7-8-24-10)14(23)9-12-3-5-13(6-4-12)20-11(2)22/h3-6,10,15H,7-9H2,1-2H3,(H,20,22)/t10-,15-/m0/s1. The zero-order valence-electron chi connectivity index (χ0n) is 13.4. The van der Waals surface area contributed by atoms with Crippen molar-refractivity contribution in [3.8, 4) is 0 Å². The highest BCUT2D eigenvalue weighted by Crippen LogP contribution is 2.31. The van der Waals surface area contributed by atoms with Crippen molar-refractivity contribution in [2.45, 2.75) is 38.6 Å². The van der Waals surface area contributed by atoms with Crippen molar-refractivity contribution in [2.75, 3.05) is 18.5 Å². The Morgan fingerprint density at radius 2 is 1.92 bits per heavy atom. The van der Waals surface area contributed by atoms with Crippen LogP contribution in [0.25, 0.3) is 0 Å². The second-order valence-corrected chi connectivity index (χ2v) is 5.70. The number of morpholine rings is 1. The first kappa shape index (κ1) is 18.3. The lowest BCUT2D eigenvalue weighted by Crippen LogP contribution is -2.59. The molecular weight excluding hydrogens is 325 g/mol. The Morgan fingerprint density at radius 1 is 1.29 bits per heavy atom. The van der Waals surface area contributed by atoms with Gasteiger partial charge in [0, 0.05) is 19.2 Å². The number of ether oxygens (including phenoxy) is 1. The summed E-state index contributed by atoms with van der Waals surface area (Å²) in [4.78, 5) is 24.1. The molecule has 5 nitrogen and oxygen atoms in total. The van der Waals surface area contributed by atoms with Gasteiger partial charge in [-0.15, -0.1) is 0 Å². The van der Waals surface area contributed by atoms with E-state index in [4.69, 9.17) is 4.74 Å². The average molecular weight is 344 g/mol. The highest BCUT2D eigenvalue weighted by atomic mass is 19.4. The minimum Gasteiger partial charge on any atom is -0.374 e. The van der Waals surface area contributed by atoms with Crippen LogP contribution in [0.1, 0.15) is 19.4 Å². The molecule has 1 aliphatic rings. The molecule has 1 aromatic carbocycles. The van der Waals surface area contributed by atoms with Crippen LogP contribution in [0.3, 0.4) is 0 Å². The fraction of sp³-hybridized carbons (Fsp3) is 0.500. The highest BCUT2D eigenvalue weighted by molar-refractivity contribution is 5.88. The molecule has 2 rings (SSSR count). The van der Waals surface area contributed by atoms with Crippen LogP contribution in [0.5, 0.6) is 0 Å². The number of nitrogens with one attached hydrogen (secondary N) is 1. The first-order valence-corrected chi connectivity index (χ1v) is 7.53. The Labute approximate surface area is 137 Å². The Balaban J connectivity index is 2.08. The maximum atomic E-state index is 13.2. The van der Waals surface area contributed by atoms with Gasteiger partial charge < -0.3 is 15.0 Å². The largest absolute Gasteiger partial charge is 0.411 e. The third-order valence-electron chi connectivity index (χ3n) is 3.78. The van der Waals surface area contributed by atoms with Gasteiger partial charge in [-0.3, -0.25) is 9.59 Å². The fourth-order valence-electron chi connectivity index (χ4n) is 2.73. The molecule has 1 fully saturated rings. The number of benzene rings is 1. The lowest BCUT2D eigenvalue weighted by molar-refractivity contribution is -0.229. The van der Waals surface area contributed by atoms with E-state index in [2.05, 4.69) is 5.32 Å². The molecule has 1 aliphatic heterocycles. The molecule has 2 atom stereocenters. The number of amides is 2. The summed E-state index contributed by atoms with van der Waals surface area (Å²) in [6.45, 7) is 2.69. The maximum Gasteiger partial charge on any atom is 0.411 e. The average Bonchev–Trinajstić information content (AvgIpc) is 2.47. The molecule has 1 saturated heterocycles. The predicted molar refractivity (Wildman–Crippen MR) is 81.4 cm³/mol. The Kier molecular flexibility index (Phi) is 5.48. The summed E-state index contributed by atoms with van der Waals surface area (Å²) < 4.78 is 44.6. The lowest BCUT2D eigenvalue weighted by atomic mass is 10.1. The van der Waals surface area contributed by atoms with Gasteiger partial charge in [0.15, 0.2) is 6.04 Å². The zero-order chi connectivity index (χ0) is 17.9. The van der Waals surface area contributed by atoms with Gasteiger partial charge in [0.05, 0.1) is 19.1 Å². The van der Waals surface area contributed by atoms with Crippen molar-refractivity contribution in [3.63, 3.8) is 0 Å². The molecule has 24 heavy (non-hydrogen) atoms. The molecule has 132 valence electrons. The predicted octanol–water partition coefficient (Wildman–Crippen LogP) is 2.37. The third-order valence-corrected chi connectivity index (χ3v) is 3.78. The smallest absolute Gasteiger partial charge is 0.374 e. The van der Waals surface area contributed by atoms with Crippen LogP contribution < -0.4 is 5.32 Å². The van der Waals surface area contributed by atoms with Gasteiger partial charge in [-0.25, -0.2) is 0 Å². The zero-order valence-corrected chi connectivity index (χ0v) is 13.4. The molecule has 0 spiro atoms. The van der Waals surface area contributed by atoms with Crippen molar-refractivity contribution in [1.29, 1.82) is 0 Å². The molecule has 0 unspecified atom stereocenters. The lowest BCUT2D eigenvalue weighted by Gasteiger charge is -2.40. The number of rotatable bonds is 3. The first-order valence-electron chi connectivity index (χ1n) is 7.53. The van der Waals surface area contributed by atoms with E-state index in [9.17, 15) is 22.8 Å². The highest BCUT2D eigenvalue weighted by Gasteiger charge is 2.50. The van der Waals surface area contributed by atoms with E-state index in [1.54, 1.807) is 24.3 Å². The number of hydrogen-bond acceptors (Lipinski definition) is 3. The van der Waals surface area contributed by atoms with E-state index < -0.39 is 24.2 Å². The van der Waals surface area contributed by atoms with E-state index in [1.807, 2.05) is 0 Å². The third kappa shape index (κ3) is 4.47. The number of alkyl halides is 3. The Morgan fingerprint density at radius 3 is 2.46 bits per heavy atom. The Hall–Kier alpha value is -2.09. The van der Waals surface area contributed by atoms with Gasteiger partial charge in [-0.2, -0.15) is 13.2 Å². The van der Waals surface area contributed by atoms with E-state index in [-0.39, 0.29) is 25.5 Å². The van der Waals surface area contributed by atoms with E-state index in [1.165, 1.54) is 13.8 Å². The van der Waals surface area contributed by atoms with Crippen molar-refractivity contribution >= 4 is 17.5 Å². The minimum absolute atomic E-state index is 0.0843. The van der Waals surface area contributed by atoms with Crippen LogP contribution >= 0.6 is 0 Å². The van der Waals surface area contributed by atoms with Crippen LogP contribution in [-0.2, 0) is 20.7 Å². The second kappa shape index (κ2) is 7.21. The summed E-state index contributed by atoms with van der Waals surface area (Å²) >= 11 is 0. The Bertz CT molecular complexity index is 602. The minimum atomic E-state index is -4.54. The van der Waals surface area contributed by atoms with E-state index >= 15 is 0 Å². The van der Waals surface area contributed by atoms with Crippen molar-refractivity contribution in [1.82, 2.24) is 4.90 Å². The van der Waals surface area contributed by atoms with Gasteiger partial charge in [0.2, 0.25) is 11.8 Å². The number of halogens is 3. The van der Waals surface area contributed by atoms with Crippen LogP contribution in [-0.4, -0.2) is 48.2 Å². The normalized spacial score (nSPS) is 21.5. The second-order valence-electron chi connectivity index (χ2n) is 5.70. The number of anilines is 1. The summed E-state index contributed by atoms with van der Waals surface area (Å²) in [5, 5.41) is 2.58. The van der Waals surface area contributed by atoms with Gasteiger partial charge in [-0.05, 0) is 24.6 Å². The molecule has 0 aromatic heterocycles. The van der Waals surface area contributed by atoms with Crippen molar-refractivity contribution in [3.05, 3.63) is 29.8 Å². The van der Waals surface area contributed by atoms with Crippen LogP contribution in [0.2, 0.25) is 0 Å². The number of hydrogen-bond donors (Lipinski definition) is 1. The molecule has 0 saturated carbocycles. The number of nitrogens with zero attached hydrogens (tertiary/aromatic N) is 1. The summed E-state index contributed by atoms with van der Waals surface area (Å²) in [5.74, 6) is -0.825. The molecule has 1 N–H and O–H groups in total. The maximum absolute atomic E-state index is 13.2. The van der Waals surface area contributed by atoms with Crippen molar-refractivity contribution < 1.29 is 27.5 Å². The number of carbonyl (C=O) groups excluding carboxylic acids is 2. The monoisotopic (exact) mass is 344 g/mol. The van der Waals surface area contributed by atoms with E-state index in [0.717, 1.165) is 4.90 Å². The summed E-state index contributed by atoms with van der Waals surface area (Å²) in [6, 6.07) is 4.49. The quantitative estimate of drug-likeness (QED) is 0.916. The fourth-order valence-corrected chi connectivity index (χ4v) is 2.73. The van der Waals surface area contributed by atoms with E-state index in [0.29, 0.717) is 11.3 Å². The van der Waals surface area contributed by atoms with Gasteiger partial charge in [-0.1, -0.05) is 12.1 Å². The summed E-state index contributed by atoms with van der Waals surface area (Å²) in [6.07, 6.45) is -5.77. The van der Waals surface area contributed by atoms with Crippen molar-refractivity contribution in [2.24, 2.45) is 0 Å². The van der Waals surface area contributed by atoms with Crippen LogP contribution in [0, 0.1) is 0 Å². The van der Waals surface area contributed by atoms with Crippen LogP contribution in [0.15, 0.2) is 24.3 Å². The number of carbonyl (C=O) groups is 2. The topological polar surface area (TPSA) is 58.6 Å². The SMILES string of the molecule is CC(=O)Nc1ccc(CC(=O)N2CCO[C@@H](C)[C@H]2C(F)(F)F)cc1. The summed E-state index contributed by atoms with van der Waals surface area (Å²) in [7, 11) is 0. The molecule has 0 aliphatic carbocycles. The molecule has 0 bridgehead atoms. The molecule has 2 amide bonds. The van der Waals surface area contributed by atoms with Gasteiger partial charge in [0.25, 0.3) is 0 Å². The van der Waals surface area contributed by atoms with Gasteiger partial charge in [0.1, 0.15) is 0 Å². The molecule has 1 aromatic rings. The molecule has 8 heteroatoms. The first-order chi connectivity index (χ1) is 11.2. The molecular formula is C16H19F3N2O3.